The van der Waals surface area contributed by atoms with Crippen molar-refractivity contribution in [2.45, 2.75) is 33.1 Å². The quantitative estimate of drug-likeness (QED) is 0.795. The van der Waals surface area contributed by atoms with Crippen LogP contribution in [-0.4, -0.2) is 12.5 Å². The van der Waals surface area contributed by atoms with E-state index in [0.29, 0.717) is 5.92 Å². The van der Waals surface area contributed by atoms with Crippen LogP contribution in [0.1, 0.15) is 37.3 Å². The summed E-state index contributed by atoms with van der Waals surface area (Å²) in [4.78, 5) is 12.2. The second-order valence-electron chi connectivity index (χ2n) is 6.04. The summed E-state index contributed by atoms with van der Waals surface area (Å²) in [7, 11) is 0. The minimum Gasteiger partial charge on any atom is -0.382 e. The maximum atomic E-state index is 13.5. The first kappa shape index (κ1) is 17.9. The highest BCUT2D eigenvalue weighted by Gasteiger charge is 2.12. The van der Waals surface area contributed by atoms with E-state index in [0.717, 1.165) is 22.9 Å². The monoisotopic (exact) mass is 332 g/mol. The van der Waals surface area contributed by atoms with E-state index in [4.69, 9.17) is 0 Å². The summed E-state index contributed by atoms with van der Waals surface area (Å²) in [5.41, 5.74) is 3.11. The SMILES string of the molecule is Cc1cccc(C(C)C)c1NC(=O)CCNc1ccc(F)cc1F. The predicted molar refractivity (Wildman–Crippen MR) is 93.4 cm³/mol. The van der Waals surface area contributed by atoms with E-state index >= 15 is 0 Å². The number of rotatable bonds is 6. The molecule has 5 heteroatoms. The lowest BCUT2D eigenvalue weighted by Crippen LogP contribution is -2.18. The molecule has 0 saturated heterocycles. The Bertz CT molecular complexity index is 729. The van der Waals surface area contributed by atoms with Crippen molar-refractivity contribution >= 4 is 17.3 Å². The molecule has 24 heavy (non-hydrogen) atoms. The maximum absolute atomic E-state index is 13.5. The van der Waals surface area contributed by atoms with Crippen molar-refractivity contribution in [3.05, 3.63) is 59.2 Å². The van der Waals surface area contributed by atoms with Gasteiger partial charge in [0.05, 0.1) is 5.69 Å². The molecule has 2 rings (SSSR count). The minimum absolute atomic E-state index is 0.152. The highest BCUT2D eigenvalue weighted by Crippen LogP contribution is 2.27. The Kier molecular flexibility index (Phi) is 5.90. The summed E-state index contributed by atoms with van der Waals surface area (Å²) < 4.78 is 26.4. The number of carbonyl (C=O) groups excluding carboxylic acids is 1. The molecular weight excluding hydrogens is 310 g/mol. The summed E-state index contributed by atoms with van der Waals surface area (Å²) in [6.07, 6.45) is 0.183. The number of benzene rings is 2. The van der Waals surface area contributed by atoms with Gasteiger partial charge in [0.2, 0.25) is 5.91 Å². The van der Waals surface area contributed by atoms with Crippen molar-refractivity contribution in [3.63, 3.8) is 0 Å². The lowest BCUT2D eigenvalue weighted by molar-refractivity contribution is -0.116. The van der Waals surface area contributed by atoms with E-state index < -0.39 is 11.6 Å². The molecule has 1 amide bonds. The van der Waals surface area contributed by atoms with Gasteiger partial charge >= 0.3 is 0 Å². The van der Waals surface area contributed by atoms with Crippen LogP contribution < -0.4 is 10.6 Å². The molecule has 0 spiro atoms. The van der Waals surface area contributed by atoms with Crippen molar-refractivity contribution < 1.29 is 13.6 Å². The molecule has 128 valence electrons. The van der Waals surface area contributed by atoms with Crippen LogP contribution in [0.15, 0.2) is 36.4 Å². The van der Waals surface area contributed by atoms with Gasteiger partial charge in [-0.15, -0.1) is 0 Å². The zero-order valence-corrected chi connectivity index (χ0v) is 14.1. The Hall–Kier alpha value is -2.43. The van der Waals surface area contributed by atoms with Crippen LogP contribution in [0.5, 0.6) is 0 Å². The third kappa shape index (κ3) is 4.54. The molecule has 0 aromatic heterocycles. The first-order valence-electron chi connectivity index (χ1n) is 7.96. The van der Waals surface area contributed by atoms with Gasteiger partial charge in [0.1, 0.15) is 11.6 Å². The third-order valence-corrected chi connectivity index (χ3v) is 3.79. The lowest BCUT2D eigenvalue weighted by Gasteiger charge is -2.16. The van der Waals surface area contributed by atoms with Gasteiger partial charge in [-0.3, -0.25) is 4.79 Å². The molecular formula is C19H22F2N2O. The first-order valence-corrected chi connectivity index (χ1v) is 7.96. The van der Waals surface area contributed by atoms with Gasteiger partial charge in [-0.05, 0) is 36.1 Å². The smallest absolute Gasteiger partial charge is 0.226 e. The normalized spacial score (nSPS) is 10.8. The minimum atomic E-state index is -0.670. The fraction of sp³-hybridized carbons (Fsp3) is 0.316. The first-order chi connectivity index (χ1) is 11.4. The van der Waals surface area contributed by atoms with E-state index in [2.05, 4.69) is 24.5 Å². The van der Waals surface area contributed by atoms with Crippen LogP contribution in [0, 0.1) is 18.6 Å². The number of para-hydroxylation sites is 1. The van der Waals surface area contributed by atoms with Crippen LogP contribution in [0.25, 0.3) is 0 Å². The second-order valence-corrected chi connectivity index (χ2v) is 6.04. The number of hydrogen-bond donors (Lipinski definition) is 2. The highest BCUT2D eigenvalue weighted by atomic mass is 19.1. The average Bonchev–Trinajstić information content (AvgIpc) is 2.51. The molecule has 0 fully saturated rings. The molecule has 0 radical (unpaired) electrons. The summed E-state index contributed by atoms with van der Waals surface area (Å²) in [6.45, 7) is 6.36. The molecule has 0 saturated carbocycles. The van der Waals surface area contributed by atoms with Gasteiger partial charge in [0.25, 0.3) is 0 Å². The van der Waals surface area contributed by atoms with Gasteiger partial charge in [-0.2, -0.15) is 0 Å². The molecule has 0 unspecified atom stereocenters. The van der Waals surface area contributed by atoms with Crippen molar-refractivity contribution in [3.8, 4) is 0 Å². The summed E-state index contributed by atoms with van der Waals surface area (Å²) in [5, 5.41) is 5.74. The molecule has 2 aromatic carbocycles. The van der Waals surface area contributed by atoms with Gasteiger partial charge in [0, 0.05) is 24.7 Å². The molecule has 0 bridgehead atoms. The van der Waals surface area contributed by atoms with Crippen LogP contribution in [0.3, 0.4) is 0 Å². The second kappa shape index (κ2) is 7.90. The summed E-state index contributed by atoms with van der Waals surface area (Å²) in [5.74, 6) is -1.15. The zero-order chi connectivity index (χ0) is 17.7. The number of aryl methyl sites for hydroxylation is 1. The highest BCUT2D eigenvalue weighted by molar-refractivity contribution is 5.92. The fourth-order valence-electron chi connectivity index (χ4n) is 2.49. The largest absolute Gasteiger partial charge is 0.382 e. The Morgan fingerprint density at radius 2 is 1.92 bits per heavy atom. The Balaban J connectivity index is 1.95. The van der Waals surface area contributed by atoms with Gasteiger partial charge in [0.15, 0.2) is 0 Å². The number of halogens is 2. The number of hydrogen-bond acceptors (Lipinski definition) is 2. The molecule has 0 aliphatic carbocycles. The standard InChI is InChI=1S/C19H22F2N2O/c1-12(2)15-6-4-5-13(3)19(15)23-18(24)9-10-22-17-8-7-14(20)11-16(17)21/h4-8,11-12,22H,9-10H2,1-3H3,(H,23,24). The van der Waals surface area contributed by atoms with Gasteiger partial charge in [-0.25, -0.2) is 8.78 Å². The van der Waals surface area contributed by atoms with Crippen LogP contribution >= 0.6 is 0 Å². The number of nitrogens with one attached hydrogen (secondary N) is 2. The molecule has 0 atom stereocenters. The zero-order valence-electron chi connectivity index (χ0n) is 14.1. The van der Waals surface area contributed by atoms with Crippen LogP contribution in [-0.2, 0) is 4.79 Å². The lowest BCUT2D eigenvalue weighted by atomic mass is 9.98. The van der Waals surface area contributed by atoms with Crippen LogP contribution in [0.2, 0.25) is 0 Å². The third-order valence-electron chi connectivity index (χ3n) is 3.79. The Morgan fingerprint density at radius 3 is 2.58 bits per heavy atom. The molecule has 2 aromatic rings. The maximum Gasteiger partial charge on any atom is 0.226 e. The van der Waals surface area contributed by atoms with E-state index in [-0.39, 0.29) is 24.6 Å². The van der Waals surface area contributed by atoms with E-state index in [1.165, 1.54) is 12.1 Å². The number of carbonyl (C=O) groups is 1. The van der Waals surface area contributed by atoms with Crippen molar-refractivity contribution in [2.75, 3.05) is 17.2 Å². The van der Waals surface area contributed by atoms with E-state index in [9.17, 15) is 13.6 Å². The van der Waals surface area contributed by atoms with Crippen molar-refractivity contribution in [2.24, 2.45) is 0 Å². The molecule has 0 heterocycles. The van der Waals surface area contributed by atoms with Crippen molar-refractivity contribution in [1.29, 1.82) is 0 Å². The molecule has 3 nitrogen and oxygen atoms in total. The van der Waals surface area contributed by atoms with Crippen molar-refractivity contribution in [1.82, 2.24) is 0 Å². The van der Waals surface area contributed by atoms with Gasteiger partial charge < -0.3 is 10.6 Å². The topological polar surface area (TPSA) is 41.1 Å². The summed E-state index contributed by atoms with van der Waals surface area (Å²) >= 11 is 0. The summed E-state index contributed by atoms with van der Waals surface area (Å²) in [6, 6.07) is 9.23. The molecule has 0 aliphatic heterocycles. The fourth-order valence-corrected chi connectivity index (χ4v) is 2.49. The number of amides is 1. The number of anilines is 2. The Labute approximate surface area is 141 Å². The Morgan fingerprint density at radius 1 is 1.17 bits per heavy atom. The van der Waals surface area contributed by atoms with E-state index in [1.54, 1.807) is 0 Å². The van der Waals surface area contributed by atoms with E-state index in [1.807, 2.05) is 25.1 Å². The molecule has 2 N–H and O–H groups in total. The average molecular weight is 332 g/mol. The molecule has 0 aliphatic rings. The van der Waals surface area contributed by atoms with Crippen LogP contribution in [0.4, 0.5) is 20.2 Å². The predicted octanol–water partition coefficient (Wildman–Crippen LogP) is 4.84. The van der Waals surface area contributed by atoms with Gasteiger partial charge in [-0.1, -0.05) is 32.0 Å².